The maximum Gasteiger partial charge on any atom is 0.511 e. The monoisotopic (exact) mass is 479 g/mol. The van der Waals surface area contributed by atoms with Crippen LogP contribution in [0.3, 0.4) is 0 Å². The Labute approximate surface area is 183 Å². The second kappa shape index (κ2) is 10.5. The predicted molar refractivity (Wildman–Crippen MR) is 111 cm³/mol. The van der Waals surface area contributed by atoms with Gasteiger partial charge in [0.15, 0.2) is 11.5 Å². The molecule has 0 aliphatic carbocycles. The average molecular weight is 479 g/mol. The van der Waals surface area contributed by atoms with Gasteiger partial charge in [-0.3, -0.25) is 0 Å². The van der Waals surface area contributed by atoms with Gasteiger partial charge in [-0.05, 0) is 30.5 Å². The molecule has 0 saturated heterocycles. The number of hydrogen-bond acceptors (Lipinski definition) is 9. The maximum atomic E-state index is 12.3. The minimum absolute atomic E-state index is 0.0557. The molecule has 1 aromatic heterocycles. The van der Waals surface area contributed by atoms with Gasteiger partial charge in [0.1, 0.15) is 5.82 Å². The van der Waals surface area contributed by atoms with Crippen molar-refractivity contribution in [3.63, 3.8) is 0 Å². The quantitative estimate of drug-likeness (QED) is 0.410. The number of unbranched alkanes of at least 4 members (excludes halogenated alkanes) is 1. The molecule has 0 unspecified atom stereocenters. The maximum absolute atomic E-state index is 12.3. The summed E-state index contributed by atoms with van der Waals surface area (Å²) < 4.78 is 76.7. The lowest BCUT2D eigenvalue weighted by atomic mass is 10.1. The lowest BCUT2D eigenvalue weighted by molar-refractivity contribution is -0.0447. The third-order valence-corrected chi connectivity index (χ3v) is 5.43. The fraction of sp³-hybridized carbons (Fsp3) is 0.444. The van der Waals surface area contributed by atoms with Crippen LogP contribution in [0.1, 0.15) is 24.0 Å². The molecule has 2 aromatic rings. The highest BCUT2D eigenvalue weighted by Crippen LogP contribution is 2.39. The molecule has 1 heterocycles. The molecule has 2 rings (SSSR count). The van der Waals surface area contributed by atoms with Crippen LogP contribution in [0.15, 0.2) is 18.3 Å². The van der Waals surface area contributed by atoms with Crippen LogP contribution in [-0.2, 0) is 16.4 Å². The molecule has 0 bridgehead atoms. The van der Waals surface area contributed by atoms with Crippen molar-refractivity contribution in [3.8, 4) is 17.2 Å². The van der Waals surface area contributed by atoms with E-state index in [2.05, 4.69) is 9.97 Å². The van der Waals surface area contributed by atoms with Gasteiger partial charge in [-0.15, -0.1) is 0 Å². The van der Waals surface area contributed by atoms with Crippen molar-refractivity contribution in [2.24, 2.45) is 0 Å². The number of methoxy groups -OCH3 is 2. The van der Waals surface area contributed by atoms with Crippen LogP contribution in [0.5, 0.6) is 17.2 Å². The van der Waals surface area contributed by atoms with Gasteiger partial charge in [-0.1, -0.05) is 0 Å². The summed E-state index contributed by atoms with van der Waals surface area (Å²) in [6.45, 7) is -0.272. The molecule has 0 radical (unpaired) electrons. The van der Waals surface area contributed by atoms with Crippen LogP contribution in [-0.4, -0.2) is 51.3 Å². The summed E-state index contributed by atoms with van der Waals surface area (Å²) in [6.07, 6.45) is 2.28. The van der Waals surface area contributed by atoms with Gasteiger partial charge in [-0.2, -0.15) is 18.2 Å². The first-order chi connectivity index (χ1) is 15.0. The molecule has 5 N–H and O–H groups in total. The number of ether oxygens (including phenoxy) is 3. The molecule has 0 spiro atoms. The zero-order valence-corrected chi connectivity index (χ0v) is 18.2. The molecule has 0 aliphatic heterocycles. The predicted octanol–water partition coefficient (Wildman–Crippen LogP) is 1.85. The first-order valence-electron chi connectivity index (χ1n) is 9.29. The van der Waals surface area contributed by atoms with Gasteiger partial charge in [0.05, 0.1) is 20.8 Å². The molecule has 0 amide bonds. The van der Waals surface area contributed by atoms with Gasteiger partial charge in [0, 0.05) is 24.7 Å². The van der Waals surface area contributed by atoms with Crippen LogP contribution in [0.25, 0.3) is 0 Å². The fourth-order valence-electron chi connectivity index (χ4n) is 2.68. The normalized spacial score (nSPS) is 11.9. The van der Waals surface area contributed by atoms with Crippen LogP contribution in [0, 0.1) is 0 Å². The number of sulfonamides is 1. The molecular formula is C18H24F3N5O5S. The number of halogens is 3. The Morgan fingerprint density at radius 3 is 2.38 bits per heavy atom. The number of nitrogens with two attached hydrogens (primary N) is 2. The second-order valence-corrected chi connectivity index (χ2v) is 8.30. The number of rotatable bonds is 11. The number of nitrogen functional groups attached to an aromatic ring is 2. The Bertz CT molecular complexity index is 1030. The second-order valence-electron chi connectivity index (χ2n) is 6.54. The van der Waals surface area contributed by atoms with E-state index < -0.39 is 15.5 Å². The van der Waals surface area contributed by atoms with Crippen molar-refractivity contribution in [2.45, 2.75) is 24.8 Å². The lowest BCUT2D eigenvalue weighted by Crippen LogP contribution is -2.37. The van der Waals surface area contributed by atoms with E-state index in [1.165, 1.54) is 25.1 Å². The largest absolute Gasteiger partial charge is 0.511 e. The Kier molecular flexibility index (Phi) is 8.32. The number of benzene rings is 1. The summed E-state index contributed by atoms with van der Waals surface area (Å²) in [5, 5.41) is 0. The number of anilines is 2. The van der Waals surface area contributed by atoms with Gasteiger partial charge < -0.3 is 25.7 Å². The van der Waals surface area contributed by atoms with E-state index in [0.717, 1.165) is 5.56 Å². The molecule has 1 aromatic carbocycles. The topological polar surface area (TPSA) is 152 Å². The van der Waals surface area contributed by atoms with E-state index in [1.807, 2.05) is 0 Å². The van der Waals surface area contributed by atoms with E-state index in [0.29, 0.717) is 29.2 Å². The summed E-state index contributed by atoms with van der Waals surface area (Å²) in [7, 11) is -2.46. The van der Waals surface area contributed by atoms with E-state index in [-0.39, 0.29) is 37.8 Å². The smallest absolute Gasteiger partial charge is 0.493 e. The molecule has 0 aliphatic rings. The van der Waals surface area contributed by atoms with Crippen molar-refractivity contribution >= 4 is 21.8 Å². The third-order valence-electron chi connectivity index (χ3n) is 4.24. The molecule has 0 atom stereocenters. The molecule has 14 heteroatoms. The number of aromatic nitrogens is 2. The first kappa shape index (κ1) is 25.3. The minimum Gasteiger partial charge on any atom is -0.493 e. The number of alkyl halides is 3. The van der Waals surface area contributed by atoms with Crippen molar-refractivity contribution in [3.05, 3.63) is 29.5 Å². The fourth-order valence-corrected chi connectivity index (χ4v) is 3.26. The molecule has 178 valence electrons. The molecular weight excluding hydrogens is 455 g/mol. The Hall–Kier alpha value is -3.00. The highest BCUT2D eigenvalue weighted by molar-refractivity contribution is 7.90. The highest BCUT2D eigenvalue weighted by Gasteiger charge is 2.45. The number of nitrogens with zero attached hydrogens (tertiary/aromatic N) is 2. The molecule has 10 nitrogen and oxygen atoms in total. The first-order valence-corrected chi connectivity index (χ1v) is 10.8. The zero-order chi connectivity index (χ0) is 23.9. The van der Waals surface area contributed by atoms with Gasteiger partial charge in [-0.25, -0.2) is 18.1 Å². The summed E-state index contributed by atoms with van der Waals surface area (Å²) in [6, 6.07) is 3.43. The van der Waals surface area contributed by atoms with E-state index in [4.69, 9.17) is 25.7 Å². The van der Waals surface area contributed by atoms with Gasteiger partial charge in [0.25, 0.3) is 0 Å². The third kappa shape index (κ3) is 6.50. The SMILES string of the molecule is COc1cc(Cc2cnc(N)nc2N)cc(OCCCCNS(=O)(=O)C(F)(F)F)c1OC. The Morgan fingerprint density at radius 1 is 1.09 bits per heavy atom. The van der Waals surface area contributed by atoms with Crippen LogP contribution in [0.2, 0.25) is 0 Å². The van der Waals surface area contributed by atoms with Crippen LogP contribution in [0.4, 0.5) is 24.9 Å². The summed E-state index contributed by atoms with van der Waals surface area (Å²) in [5.74, 6) is 1.35. The summed E-state index contributed by atoms with van der Waals surface area (Å²) in [4.78, 5) is 7.84. The van der Waals surface area contributed by atoms with E-state index >= 15 is 0 Å². The number of nitrogens with one attached hydrogen (secondary N) is 1. The van der Waals surface area contributed by atoms with E-state index in [1.54, 1.807) is 12.1 Å². The summed E-state index contributed by atoms with van der Waals surface area (Å²) >= 11 is 0. The molecule has 0 saturated carbocycles. The average Bonchev–Trinajstić information content (AvgIpc) is 2.71. The van der Waals surface area contributed by atoms with Crippen LogP contribution >= 0.6 is 0 Å². The Balaban J connectivity index is 2.04. The standard InChI is InChI=1S/C18H24F3N5O5S/c1-29-13-8-11(7-12-10-24-17(23)26-16(12)22)9-14(15(13)30-2)31-6-4-3-5-25-32(27,28)18(19,20)21/h8-10,25H,3-7H2,1-2H3,(H4,22,23,24,26). The van der Waals surface area contributed by atoms with Crippen molar-refractivity contribution < 1.29 is 35.8 Å². The van der Waals surface area contributed by atoms with E-state index in [9.17, 15) is 21.6 Å². The molecule has 32 heavy (non-hydrogen) atoms. The van der Waals surface area contributed by atoms with Gasteiger partial charge >= 0.3 is 15.5 Å². The van der Waals surface area contributed by atoms with Gasteiger partial charge in [0.2, 0.25) is 11.7 Å². The van der Waals surface area contributed by atoms with Crippen LogP contribution < -0.4 is 30.4 Å². The summed E-state index contributed by atoms with van der Waals surface area (Å²) in [5.41, 5.74) is 7.43. The molecule has 0 fully saturated rings. The lowest BCUT2D eigenvalue weighted by Gasteiger charge is -2.16. The van der Waals surface area contributed by atoms with Crippen molar-refractivity contribution in [1.82, 2.24) is 14.7 Å². The van der Waals surface area contributed by atoms with Crippen molar-refractivity contribution in [2.75, 3.05) is 38.8 Å². The number of hydrogen-bond donors (Lipinski definition) is 3. The van der Waals surface area contributed by atoms with Crippen molar-refractivity contribution in [1.29, 1.82) is 0 Å². The highest BCUT2D eigenvalue weighted by atomic mass is 32.2. The Morgan fingerprint density at radius 2 is 1.78 bits per heavy atom. The minimum atomic E-state index is -5.35. The zero-order valence-electron chi connectivity index (χ0n) is 17.4.